The average molecular weight is 569 g/mol. The Morgan fingerprint density at radius 3 is 1.74 bits per heavy atom. The van der Waals surface area contributed by atoms with Crippen molar-refractivity contribution in [2.75, 3.05) is 6.61 Å². The van der Waals surface area contributed by atoms with E-state index in [-0.39, 0.29) is 16.8 Å². The van der Waals surface area contributed by atoms with Crippen LogP contribution in [0.25, 0.3) is 33.4 Å². The van der Waals surface area contributed by atoms with E-state index < -0.39 is 0 Å². The molecule has 0 unspecified atom stereocenters. The molecule has 0 saturated heterocycles. The number of carbonyl (C=O) groups excluding carboxylic acids is 1. The van der Waals surface area contributed by atoms with Crippen molar-refractivity contribution in [2.24, 2.45) is 0 Å². The Bertz CT molecular complexity index is 1680. The zero-order valence-electron chi connectivity index (χ0n) is 26.3. The minimum atomic E-state index is -0.342. The molecule has 4 aromatic carbocycles. The number of benzene rings is 4. The van der Waals surface area contributed by atoms with E-state index in [0.717, 1.165) is 44.9 Å². The van der Waals surface area contributed by atoms with Crippen molar-refractivity contribution in [2.45, 2.75) is 83.5 Å². The maximum atomic E-state index is 11.3. The van der Waals surface area contributed by atoms with Gasteiger partial charge in [-0.25, -0.2) is 4.79 Å². The maximum Gasteiger partial charge on any atom is 0.330 e. The second kappa shape index (κ2) is 11.6. The third-order valence-corrected chi connectivity index (χ3v) is 10.7. The van der Waals surface area contributed by atoms with Gasteiger partial charge >= 0.3 is 5.97 Å². The van der Waals surface area contributed by atoms with Crippen LogP contribution in [0.15, 0.2) is 91.5 Å². The summed E-state index contributed by atoms with van der Waals surface area (Å²) in [6.45, 7) is 13.3. The van der Waals surface area contributed by atoms with Gasteiger partial charge in [0, 0.05) is 16.9 Å². The summed E-state index contributed by atoms with van der Waals surface area (Å²) in [5.41, 5.74) is 15.6. The van der Waals surface area contributed by atoms with Crippen molar-refractivity contribution in [1.82, 2.24) is 0 Å². The third-order valence-electron chi connectivity index (χ3n) is 10.7. The summed E-state index contributed by atoms with van der Waals surface area (Å²) in [5.74, 6) is -0.342. The van der Waals surface area contributed by atoms with Crippen LogP contribution in [0.5, 0.6) is 0 Å². The summed E-state index contributed by atoms with van der Waals surface area (Å²) in [7, 11) is 0. The predicted octanol–water partition coefficient (Wildman–Crippen LogP) is 10.6. The molecule has 220 valence electrons. The Balaban J connectivity index is 1.34. The Morgan fingerprint density at radius 2 is 1.16 bits per heavy atom. The SMILES string of the molecule is C=CC(=O)OCCCCc1ccc2c(c1)C(CC)(CC)c1cc(-c3ccc4c(c3)C(CC)(CC)c3ccccc3-4)ccc1-2. The fourth-order valence-corrected chi connectivity index (χ4v) is 8.20. The van der Waals surface area contributed by atoms with Gasteiger partial charge in [0.15, 0.2) is 0 Å². The summed E-state index contributed by atoms with van der Waals surface area (Å²) in [4.78, 5) is 11.3. The number of ether oxygens (including phenoxy) is 1. The van der Waals surface area contributed by atoms with Gasteiger partial charge in [0.1, 0.15) is 0 Å². The number of unbranched alkanes of at least 4 members (excludes halogenated alkanes) is 1. The number of aryl methyl sites for hydroxylation is 1. The molecule has 0 aromatic heterocycles. The molecule has 0 aliphatic heterocycles. The first kappa shape index (κ1) is 29.2. The molecular weight excluding hydrogens is 524 g/mol. The van der Waals surface area contributed by atoms with Crippen molar-refractivity contribution in [3.63, 3.8) is 0 Å². The number of hydrogen-bond donors (Lipinski definition) is 0. The van der Waals surface area contributed by atoms with Crippen molar-refractivity contribution < 1.29 is 9.53 Å². The maximum absolute atomic E-state index is 11.3. The topological polar surface area (TPSA) is 26.3 Å². The summed E-state index contributed by atoms with van der Waals surface area (Å²) >= 11 is 0. The highest BCUT2D eigenvalue weighted by molar-refractivity contribution is 5.87. The molecule has 4 aromatic rings. The number of hydrogen-bond acceptors (Lipinski definition) is 2. The molecule has 0 radical (unpaired) electrons. The van der Waals surface area contributed by atoms with Crippen LogP contribution in [-0.2, 0) is 26.8 Å². The second-order valence-corrected chi connectivity index (χ2v) is 12.4. The van der Waals surface area contributed by atoms with E-state index in [1.54, 1.807) is 0 Å². The van der Waals surface area contributed by atoms with Gasteiger partial charge in [-0.05, 0) is 118 Å². The lowest BCUT2D eigenvalue weighted by atomic mass is 9.72. The normalized spacial score (nSPS) is 14.9. The van der Waals surface area contributed by atoms with Crippen LogP contribution in [0.4, 0.5) is 0 Å². The molecule has 2 nitrogen and oxygen atoms in total. The molecule has 2 aliphatic carbocycles. The van der Waals surface area contributed by atoms with Crippen LogP contribution in [0.3, 0.4) is 0 Å². The minimum Gasteiger partial charge on any atom is -0.463 e. The van der Waals surface area contributed by atoms with Gasteiger partial charge in [0.05, 0.1) is 6.61 Å². The molecule has 2 heteroatoms. The van der Waals surface area contributed by atoms with Crippen LogP contribution in [0.2, 0.25) is 0 Å². The quantitative estimate of drug-likeness (QED) is 0.102. The number of esters is 1. The Kier molecular flexibility index (Phi) is 7.90. The molecule has 0 saturated carbocycles. The number of rotatable bonds is 11. The van der Waals surface area contributed by atoms with Crippen LogP contribution in [0, 0.1) is 0 Å². The molecule has 0 amide bonds. The summed E-state index contributed by atoms with van der Waals surface area (Å²) in [6, 6.07) is 30.5. The van der Waals surface area contributed by atoms with E-state index in [2.05, 4.69) is 113 Å². The van der Waals surface area contributed by atoms with Gasteiger partial charge in [0.25, 0.3) is 0 Å². The molecule has 0 heterocycles. The zero-order chi connectivity index (χ0) is 30.2. The standard InChI is InChI=1S/C41H44O2/c1-6-39(42)43-24-14-13-15-28-18-21-32-34-23-20-30(27-38(34)41(9-4,10-5)36(32)25-28)29-19-22-33-31-16-11-12-17-35(31)40(7-2,8-3)37(33)26-29/h6,11-12,16-23,25-27H,1,7-10,13-15,24H2,2-5H3. The van der Waals surface area contributed by atoms with Gasteiger partial charge in [-0.3, -0.25) is 0 Å². The van der Waals surface area contributed by atoms with Crippen molar-refractivity contribution in [3.8, 4) is 33.4 Å². The van der Waals surface area contributed by atoms with E-state index in [1.807, 2.05) is 0 Å². The molecule has 6 rings (SSSR count). The molecule has 0 N–H and O–H groups in total. The molecular formula is C41H44O2. The summed E-state index contributed by atoms with van der Waals surface area (Å²) < 4.78 is 5.17. The lowest BCUT2D eigenvalue weighted by Gasteiger charge is -2.31. The van der Waals surface area contributed by atoms with Crippen molar-refractivity contribution in [3.05, 3.63) is 119 Å². The second-order valence-electron chi connectivity index (χ2n) is 12.4. The van der Waals surface area contributed by atoms with Crippen LogP contribution in [0.1, 0.15) is 94.0 Å². The highest BCUT2D eigenvalue weighted by Gasteiger charge is 2.42. The molecule has 0 atom stereocenters. The monoisotopic (exact) mass is 568 g/mol. The fourth-order valence-electron chi connectivity index (χ4n) is 8.20. The predicted molar refractivity (Wildman–Crippen MR) is 180 cm³/mol. The zero-order valence-corrected chi connectivity index (χ0v) is 26.3. The first-order valence-corrected chi connectivity index (χ1v) is 16.3. The lowest BCUT2D eigenvalue weighted by Crippen LogP contribution is -2.23. The highest BCUT2D eigenvalue weighted by Crippen LogP contribution is 2.55. The molecule has 0 spiro atoms. The van der Waals surface area contributed by atoms with Crippen LogP contribution < -0.4 is 0 Å². The Hall–Kier alpha value is -3.91. The average Bonchev–Trinajstić information content (AvgIpc) is 3.50. The van der Waals surface area contributed by atoms with E-state index in [4.69, 9.17) is 4.74 Å². The summed E-state index contributed by atoms with van der Waals surface area (Å²) in [6.07, 6.45) is 8.41. The first-order chi connectivity index (χ1) is 21.0. The van der Waals surface area contributed by atoms with Gasteiger partial charge in [-0.1, -0.05) is 101 Å². The first-order valence-electron chi connectivity index (χ1n) is 16.3. The van der Waals surface area contributed by atoms with E-state index in [0.29, 0.717) is 6.61 Å². The van der Waals surface area contributed by atoms with Gasteiger partial charge in [0.2, 0.25) is 0 Å². The Labute approximate surface area is 257 Å². The lowest BCUT2D eigenvalue weighted by molar-refractivity contribution is -0.137. The molecule has 0 fully saturated rings. The molecule has 2 aliphatic rings. The van der Waals surface area contributed by atoms with Crippen LogP contribution >= 0.6 is 0 Å². The van der Waals surface area contributed by atoms with Crippen molar-refractivity contribution in [1.29, 1.82) is 0 Å². The van der Waals surface area contributed by atoms with Gasteiger partial charge < -0.3 is 4.74 Å². The number of fused-ring (bicyclic) bond motifs is 6. The van der Waals surface area contributed by atoms with Gasteiger partial charge in [-0.15, -0.1) is 0 Å². The van der Waals surface area contributed by atoms with E-state index in [1.165, 1.54) is 67.3 Å². The highest BCUT2D eigenvalue weighted by atomic mass is 16.5. The fraction of sp³-hybridized carbons (Fsp3) is 0.341. The molecule has 43 heavy (non-hydrogen) atoms. The third kappa shape index (κ3) is 4.58. The van der Waals surface area contributed by atoms with Gasteiger partial charge in [-0.2, -0.15) is 0 Å². The van der Waals surface area contributed by atoms with Crippen molar-refractivity contribution >= 4 is 5.97 Å². The largest absolute Gasteiger partial charge is 0.463 e. The van der Waals surface area contributed by atoms with E-state index >= 15 is 0 Å². The van der Waals surface area contributed by atoms with E-state index in [9.17, 15) is 4.79 Å². The van der Waals surface area contributed by atoms with Crippen LogP contribution in [-0.4, -0.2) is 12.6 Å². The Morgan fingerprint density at radius 1 is 0.651 bits per heavy atom. The molecule has 0 bridgehead atoms. The number of carbonyl (C=O) groups is 1. The minimum absolute atomic E-state index is 0.0136. The summed E-state index contributed by atoms with van der Waals surface area (Å²) in [5, 5.41) is 0. The smallest absolute Gasteiger partial charge is 0.330 e.